The van der Waals surface area contributed by atoms with Crippen LogP contribution >= 0.6 is 11.3 Å². The lowest BCUT2D eigenvalue weighted by Gasteiger charge is -2.20. The smallest absolute Gasteiger partial charge is 0.226 e. The number of fused-ring (bicyclic) bond motifs is 3. The van der Waals surface area contributed by atoms with E-state index in [1.165, 1.54) is 43.3 Å². The molecule has 2 fully saturated rings. The molecule has 2 aromatic rings. The molecule has 2 aliphatic rings. The fourth-order valence-corrected chi connectivity index (χ4v) is 5.87. The van der Waals surface area contributed by atoms with Crippen molar-refractivity contribution in [3.63, 3.8) is 0 Å². The van der Waals surface area contributed by atoms with Gasteiger partial charge in [-0.15, -0.1) is 0 Å². The van der Waals surface area contributed by atoms with Crippen molar-refractivity contribution in [1.29, 1.82) is 0 Å². The van der Waals surface area contributed by atoms with Crippen molar-refractivity contribution in [2.75, 3.05) is 11.6 Å². The number of hydrogen-bond acceptors (Lipinski definition) is 5. The van der Waals surface area contributed by atoms with Gasteiger partial charge in [0.25, 0.3) is 0 Å². The first-order valence-electron chi connectivity index (χ1n) is 8.29. The third-order valence-corrected chi connectivity index (χ3v) is 7.41. The van der Waals surface area contributed by atoms with Crippen molar-refractivity contribution in [3.05, 3.63) is 18.2 Å². The first kappa shape index (κ1) is 16.0. The van der Waals surface area contributed by atoms with E-state index in [9.17, 15) is 13.2 Å². The van der Waals surface area contributed by atoms with Crippen LogP contribution in [0.5, 0.6) is 0 Å². The molecule has 1 aromatic heterocycles. The van der Waals surface area contributed by atoms with E-state index in [1.54, 1.807) is 18.2 Å². The van der Waals surface area contributed by atoms with E-state index >= 15 is 0 Å². The zero-order valence-electron chi connectivity index (χ0n) is 13.5. The van der Waals surface area contributed by atoms with E-state index in [2.05, 4.69) is 10.3 Å². The average Bonchev–Trinajstić information content (AvgIpc) is 3.18. The molecule has 0 radical (unpaired) electrons. The molecule has 3 atom stereocenters. The van der Waals surface area contributed by atoms with Gasteiger partial charge >= 0.3 is 0 Å². The Morgan fingerprint density at radius 2 is 2.17 bits per heavy atom. The number of nitrogens with one attached hydrogen (secondary N) is 1. The Morgan fingerprint density at radius 3 is 2.83 bits per heavy atom. The zero-order chi connectivity index (χ0) is 16.9. The van der Waals surface area contributed by atoms with E-state index in [-0.39, 0.29) is 10.8 Å². The summed E-state index contributed by atoms with van der Waals surface area (Å²) < 4.78 is 24.0. The topological polar surface area (TPSA) is 76.1 Å². The Kier molecular flexibility index (Phi) is 3.88. The third kappa shape index (κ3) is 3.07. The van der Waals surface area contributed by atoms with Gasteiger partial charge in [0.05, 0.1) is 15.1 Å². The molecule has 128 valence electrons. The van der Waals surface area contributed by atoms with Crippen LogP contribution in [0.15, 0.2) is 23.1 Å². The van der Waals surface area contributed by atoms with Crippen LogP contribution in [0.2, 0.25) is 0 Å². The summed E-state index contributed by atoms with van der Waals surface area (Å²) in [5.41, 5.74) is 0.711. The van der Waals surface area contributed by atoms with E-state index < -0.39 is 9.84 Å². The summed E-state index contributed by atoms with van der Waals surface area (Å²) in [4.78, 5) is 17.0. The molecule has 1 heterocycles. The molecule has 0 unspecified atom stereocenters. The maximum atomic E-state index is 12.3. The van der Waals surface area contributed by atoms with E-state index in [1.807, 2.05) is 0 Å². The highest BCUT2D eigenvalue weighted by Crippen LogP contribution is 2.49. The first-order chi connectivity index (χ1) is 11.4. The largest absolute Gasteiger partial charge is 0.302 e. The molecule has 2 bridgehead atoms. The second-order valence-corrected chi connectivity index (χ2v) is 10.2. The predicted octanol–water partition coefficient (Wildman–Crippen LogP) is 3.46. The van der Waals surface area contributed by atoms with E-state index in [0.29, 0.717) is 23.0 Å². The van der Waals surface area contributed by atoms with Crippen molar-refractivity contribution in [3.8, 4) is 0 Å². The summed E-state index contributed by atoms with van der Waals surface area (Å²) >= 11 is 1.32. The van der Waals surface area contributed by atoms with Crippen molar-refractivity contribution in [2.45, 2.75) is 37.0 Å². The summed E-state index contributed by atoms with van der Waals surface area (Å²) in [6.45, 7) is 0. The van der Waals surface area contributed by atoms with Gasteiger partial charge in [-0.25, -0.2) is 13.4 Å². The van der Waals surface area contributed by atoms with Crippen LogP contribution in [0.1, 0.15) is 32.1 Å². The van der Waals surface area contributed by atoms with Crippen LogP contribution in [0.3, 0.4) is 0 Å². The fourth-order valence-electron chi connectivity index (χ4n) is 4.22. The number of sulfone groups is 1. The number of rotatable bonds is 4. The number of aromatic nitrogens is 1. The molecule has 24 heavy (non-hydrogen) atoms. The number of thiazole rings is 1. The lowest BCUT2D eigenvalue weighted by molar-refractivity contribution is -0.117. The molecule has 0 saturated heterocycles. The van der Waals surface area contributed by atoms with Gasteiger partial charge in [0, 0.05) is 12.7 Å². The molecule has 7 heteroatoms. The number of anilines is 1. The van der Waals surface area contributed by atoms with Gasteiger partial charge in [0.1, 0.15) is 0 Å². The van der Waals surface area contributed by atoms with Crippen LogP contribution in [0.4, 0.5) is 5.13 Å². The Hall–Kier alpha value is -1.47. The second-order valence-electron chi connectivity index (χ2n) is 7.11. The Bertz CT molecular complexity index is 904. The van der Waals surface area contributed by atoms with Gasteiger partial charge in [-0.2, -0.15) is 0 Å². The Morgan fingerprint density at radius 1 is 1.33 bits per heavy atom. The standard InChI is InChI=1S/C17H20N2O3S2/c1-24(21,22)13-4-5-14-15(9-13)23-17(18-14)19-16(20)8-12-7-10-2-3-11(12)6-10/h4-5,9-12H,2-3,6-8H2,1H3,(H,18,19,20)/t10-,11-,12-/m1/s1. The molecule has 1 aromatic carbocycles. The van der Waals surface area contributed by atoms with Crippen molar-refractivity contribution in [2.24, 2.45) is 17.8 Å². The number of benzene rings is 1. The maximum absolute atomic E-state index is 12.3. The monoisotopic (exact) mass is 364 g/mol. The van der Waals surface area contributed by atoms with E-state index in [4.69, 9.17) is 0 Å². The molecular weight excluding hydrogens is 344 g/mol. The second kappa shape index (κ2) is 5.81. The number of amides is 1. The molecule has 1 N–H and O–H groups in total. The summed E-state index contributed by atoms with van der Waals surface area (Å²) in [5, 5.41) is 3.44. The van der Waals surface area contributed by atoms with Gasteiger partial charge in [-0.05, 0) is 55.2 Å². The summed E-state index contributed by atoms with van der Waals surface area (Å²) in [6.07, 6.45) is 6.86. The number of hydrogen-bond donors (Lipinski definition) is 1. The molecule has 2 saturated carbocycles. The number of carbonyl (C=O) groups is 1. The quantitative estimate of drug-likeness (QED) is 0.901. The molecule has 4 rings (SSSR count). The minimum absolute atomic E-state index is 0.0231. The molecule has 0 aliphatic heterocycles. The molecular formula is C17H20N2O3S2. The van der Waals surface area contributed by atoms with E-state index in [0.717, 1.165) is 16.5 Å². The normalized spacial score (nSPS) is 26.1. The summed E-state index contributed by atoms with van der Waals surface area (Å²) in [7, 11) is -3.24. The van der Waals surface area contributed by atoms with Gasteiger partial charge < -0.3 is 5.32 Å². The van der Waals surface area contributed by atoms with Crippen molar-refractivity contribution < 1.29 is 13.2 Å². The molecule has 1 amide bonds. The van der Waals surface area contributed by atoms with Gasteiger partial charge in [-0.1, -0.05) is 17.8 Å². The van der Waals surface area contributed by atoms with Gasteiger partial charge in [-0.3, -0.25) is 4.79 Å². The van der Waals surface area contributed by atoms with Crippen LogP contribution in [-0.2, 0) is 14.6 Å². The highest BCUT2D eigenvalue weighted by molar-refractivity contribution is 7.90. The number of carbonyl (C=O) groups excluding carboxylic acids is 1. The summed E-state index contributed by atoms with van der Waals surface area (Å²) in [5.74, 6) is 2.11. The molecule has 2 aliphatic carbocycles. The zero-order valence-corrected chi connectivity index (χ0v) is 15.1. The van der Waals surface area contributed by atoms with Crippen LogP contribution in [-0.4, -0.2) is 25.6 Å². The van der Waals surface area contributed by atoms with Gasteiger partial charge in [0.2, 0.25) is 5.91 Å². The van der Waals surface area contributed by atoms with Crippen LogP contribution < -0.4 is 5.32 Å². The average molecular weight is 364 g/mol. The lowest BCUT2D eigenvalue weighted by Crippen LogP contribution is -2.20. The highest BCUT2D eigenvalue weighted by Gasteiger charge is 2.40. The maximum Gasteiger partial charge on any atom is 0.226 e. The van der Waals surface area contributed by atoms with Crippen molar-refractivity contribution in [1.82, 2.24) is 4.98 Å². The summed E-state index contributed by atoms with van der Waals surface area (Å²) in [6, 6.07) is 4.86. The SMILES string of the molecule is CS(=O)(=O)c1ccc2nc(NC(=O)C[C@H]3C[C@@H]4CC[C@@H]3C4)sc2c1. The van der Waals surface area contributed by atoms with Crippen LogP contribution in [0.25, 0.3) is 10.2 Å². The first-order valence-corrected chi connectivity index (χ1v) is 11.0. The highest BCUT2D eigenvalue weighted by atomic mass is 32.2. The van der Waals surface area contributed by atoms with Crippen molar-refractivity contribution >= 4 is 42.4 Å². The minimum Gasteiger partial charge on any atom is -0.302 e. The van der Waals surface area contributed by atoms with Gasteiger partial charge in [0.15, 0.2) is 15.0 Å². The third-order valence-electron chi connectivity index (χ3n) is 5.37. The van der Waals surface area contributed by atoms with Crippen LogP contribution in [0, 0.1) is 17.8 Å². The fraction of sp³-hybridized carbons (Fsp3) is 0.529. The Labute approximate surface area is 145 Å². The predicted molar refractivity (Wildman–Crippen MR) is 94.9 cm³/mol. The minimum atomic E-state index is -3.24. The molecule has 5 nitrogen and oxygen atoms in total. The number of nitrogens with zero attached hydrogens (tertiary/aromatic N) is 1. The Balaban J connectivity index is 1.47. The molecule has 0 spiro atoms. The lowest BCUT2D eigenvalue weighted by atomic mass is 9.86.